The second-order valence-corrected chi connectivity index (χ2v) is 5.75. The minimum Gasteiger partial charge on any atom is -0.493 e. The highest BCUT2D eigenvalue weighted by Gasteiger charge is 2.17. The van der Waals surface area contributed by atoms with Gasteiger partial charge in [-0.2, -0.15) is 0 Å². The molecule has 1 aromatic carbocycles. The molecule has 2 atom stereocenters. The molecule has 0 amide bonds. The number of aliphatic hydroxyl groups is 2. The van der Waals surface area contributed by atoms with Crippen LogP contribution in [-0.4, -0.2) is 22.9 Å². The standard InChI is InChI=1S/C18H30O3/c1-4-8-14(9-5-2)13-21-16-11-7-10-15(12-16)18(20)17(19)6-3/h7,10-12,14,17-20H,4-6,8-9,13H2,1-3H3/t17-,18+/m1/s1. The fourth-order valence-electron chi connectivity index (χ4n) is 2.58. The molecule has 0 aromatic heterocycles. The van der Waals surface area contributed by atoms with Crippen LogP contribution in [0.5, 0.6) is 5.75 Å². The lowest BCUT2D eigenvalue weighted by atomic mass is 9.99. The molecule has 0 aliphatic rings. The summed E-state index contributed by atoms with van der Waals surface area (Å²) >= 11 is 0. The zero-order valence-corrected chi connectivity index (χ0v) is 13.6. The molecule has 0 heterocycles. The molecule has 21 heavy (non-hydrogen) atoms. The van der Waals surface area contributed by atoms with E-state index in [-0.39, 0.29) is 0 Å². The van der Waals surface area contributed by atoms with Crippen LogP contribution in [0.4, 0.5) is 0 Å². The summed E-state index contributed by atoms with van der Waals surface area (Å²) in [7, 11) is 0. The van der Waals surface area contributed by atoms with Gasteiger partial charge in [-0.25, -0.2) is 0 Å². The topological polar surface area (TPSA) is 49.7 Å². The number of hydrogen-bond donors (Lipinski definition) is 2. The lowest BCUT2D eigenvalue weighted by Gasteiger charge is -2.19. The van der Waals surface area contributed by atoms with Gasteiger partial charge in [0, 0.05) is 0 Å². The van der Waals surface area contributed by atoms with E-state index in [1.807, 2.05) is 31.2 Å². The van der Waals surface area contributed by atoms with Gasteiger partial charge in [0.15, 0.2) is 0 Å². The maximum absolute atomic E-state index is 10.1. The van der Waals surface area contributed by atoms with Crippen LogP contribution in [-0.2, 0) is 0 Å². The van der Waals surface area contributed by atoms with E-state index in [1.54, 1.807) is 0 Å². The average molecular weight is 294 g/mol. The van der Waals surface area contributed by atoms with Gasteiger partial charge in [-0.05, 0) is 42.9 Å². The largest absolute Gasteiger partial charge is 0.493 e. The van der Waals surface area contributed by atoms with E-state index in [0.717, 1.165) is 12.4 Å². The van der Waals surface area contributed by atoms with Gasteiger partial charge in [0.05, 0.1) is 12.7 Å². The van der Waals surface area contributed by atoms with E-state index < -0.39 is 12.2 Å². The molecule has 0 saturated heterocycles. The minimum absolute atomic E-state index is 0.529. The Morgan fingerprint density at radius 1 is 1.05 bits per heavy atom. The van der Waals surface area contributed by atoms with Crippen LogP contribution in [0.25, 0.3) is 0 Å². The highest BCUT2D eigenvalue weighted by molar-refractivity contribution is 5.30. The van der Waals surface area contributed by atoms with E-state index in [2.05, 4.69) is 13.8 Å². The van der Waals surface area contributed by atoms with Crippen LogP contribution in [0.3, 0.4) is 0 Å². The summed E-state index contributed by atoms with van der Waals surface area (Å²) in [6.07, 6.45) is 3.68. The highest BCUT2D eigenvalue weighted by atomic mass is 16.5. The Balaban J connectivity index is 2.63. The Morgan fingerprint density at radius 2 is 1.71 bits per heavy atom. The smallest absolute Gasteiger partial charge is 0.119 e. The van der Waals surface area contributed by atoms with Gasteiger partial charge in [-0.1, -0.05) is 45.7 Å². The number of ether oxygens (including phenoxy) is 1. The predicted molar refractivity (Wildman–Crippen MR) is 86.5 cm³/mol. The van der Waals surface area contributed by atoms with Crippen molar-refractivity contribution in [3.63, 3.8) is 0 Å². The second-order valence-electron chi connectivity index (χ2n) is 5.75. The molecule has 0 bridgehead atoms. The molecular formula is C18H30O3. The molecule has 1 rings (SSSR count). The van der Waals surface area contributed by atoms with E-state index in [9.17, 15) is 10.2 Å². The van der Waals surface area contributed by atoms with Crippen molar-refractivity contribution in [3.05, 3.63) is 29.8 Å². The number of benzene rings is 1. The summed E-state index contributed by atoms with van der Waals surface area (Å²) in [6.45, 7) is 6.98. The lowest BCUT2D eigenvalue weighted by Crippen LogP contribution is -2.17. The summed E-state index contributed by atoms with van der Waals surface area (Å²) in [5.41, 5.74) is 0.712. The van der Waals surface area contributed by atoms with Gasteiger partial charge in [0.1, 0.15) is 11.9 Å². The molecular weight excluding hydrogens is 264 g/mol. The Morgan fingerprint density at radius 3 is 2.29 bits per heavy atom. The van der Waals surface area contributed by atoms with E-state index in [1.165, 1.54) is 25.7 Å². The highest BCUT2D eigenvalue weighted by Crippen LogP contribution is 2.24. The molecule has 1 aromatic rings. The summed E-state index contributed by atoms with van der Waals surface area (Å²) in [4.78, 5) is 0. The van der Waals surface area contributed by atoms with Crippen molar-refractivity contribution >= 4 is 0 Å². The van der Waals surface area contributed by atoms with Crippen molar-refractivity contribution in [1.82, 2.24) is 0 Å². The quantitative estimate of drug-likeness (QED) is 0.683. The molecule has 2 N–H and O–H groups in total. The summed E-state index contributed by atoms with van der Waals surface area (Å²) in [6, 6.07) is 7.43. The third-order valence-corrected chi connectivity index (χ3v) is 3.86. The Hall–Kier alpha value is -1.06. The van der Waals surface area contributed by atoms with Crippen molar-refractivity contribution in [1.29, 1.82) is 0 Å². The Labute approximate surface area is 129 Å². The van der Waals surface area contributed by atoms with Gasteiger partial charge >= 0.3 is 0 Å². The van der Waals surface area contributed by atoms with Crippen LogP contribution in [0.2, 0.25) is 0 Å². The number of rotatable bonds is 10. The van der Waals surface area contributed by atoms with E-state index in [0.29, 0.717) is 17.9 Å². The first kappa shape index (κ1) is 18.0. The maximum Gasteiger partial charge on any atom is 0.119 e. The fourth-order valence-corrected chi connectivity index (χ4v) is 2.58. The molecule has 3 nitrogen and oxygen atoms in total. The van der Waals surface area contributed by atoms with Crippen LogP contribution in [0, 0.1) is 5.92 Å². The molecule has 0 spiro atoms. The van der Waals surface area contributed by atoms with Crippen LogP contribution in [0.15, 0.2) is 24.3 Å². The van der Waals surface area contributed by atoms with Crippen LogP contribution < -0.4 is 4.74 Å². The molecule has 0 aliphatic heterocycles. The zero-order valence-electron chi connectivity index (χ0n) is 13.6. The molecule has 0 unspecified atom stereocenters. The van der Waals surface area contributed by atoms with Crippen molar-refractivity contribution < 1.29 is 14.9 Å². The molecule has 3 heteroatoms. The molecule has 0 fully saturated rings. The number of aliphatic hydroxyl groups excluding tert-OH is 2. The molecule has 120 valence electrons. The molecule has 0 radical (unpaired) electrons. The minimum atomic E-state index is -0.847. The normalized spacial score (nSPS) is 14.2. The average Bonchev–Trinajstić information content (AvgIpc) is 2.52. The Bertz CT molecular complexity index is 386. The number of hydrogen-bond acceptors (Lipinski definition) is 3. The second kappa shape index (κ2) is 9.80. The van der Waals surface area contributed by atoms with Crippen LogP contribution >= 0.6 is 0 Å². The maximum atomic E-state index is 10.1. The summed E-state index contributed by atoms with van der Waals surface area (Å²) in [5, 5.41) is 19.8. The van der Waals surface area contributed by atoms with Gasteiger partial charge < -0.3 is 14.9 Å². The van der Waals surface area contributed by atoms with Gasteiger partial charge in [0.2, 0.25) is 0 Å². The Kier molecular flexibility index (Phi) is 8.40. The van der Waals surface area contributed by atoms with Gasteiger partial charge in [0.25, 0.3) is 0 Å². The first-order chi connectivity index (χ1) is 10.1. The predicted octanol–water partition coefficient (Wildman–Crippen LogP) is 4.09. The summed E-state index contributed by atoms with van der Waals surface area (Å²) in [5.74, 6) is 1.36. The zero-order chi connectivity index (χ0) is 15.7. The van der Waals surface area contributed by atoms with Crippen molar-refractivity contribution in [2.24, 2.45) is 5.92 Å². The van der Waals surface area contributed by atoms with E-state index in [4.69, 9.17) is 4.74 Å². The molecule has 0 saturated carbocycles. The monoisotopic (exact) mass is 294 g/mol. The van der Waals surface area contributed by atoms with Crippen LogP contribution in [0.1, 0.15) is 64.5 Å². The van der Waals surface area contributed by atoms with Crippen molar-refractivity contribution in [2.75, 3.05) is 6.61 Å². The fraction of sp³-hybridized carbons (Fsp3) is 0.667. The SMILES string of the molecule is CCCC(CCC)COc1cccc([C@H](O)[C@H](O)CC)c1. The summed E-state index contributed by atoms with van der Waals surface area (Å²) < 4.78 is 5.88. The molecule has 0 aliphatic carbocycles. The third-order valence-electron chi connectivity index (χ3n) is 3.86. The van der Waals surface area contributed by atoms with Crippen molar-refractivity contribution in [2.45, 2.75) is 65.1 Å². The van der Waals surface area contributed by atoms with E-state index >= 15 is 0 Å². The first-order valence-corrected chi connectivity index (χ1v) is 8.21. The third kappa shape index (κ3) is 6.06. The van der Waals surface area contributed by atoms with Gasteiger partial charge in [-0.15, -0.1) is 0 Å². The lowest BCUT2D eigenvalue weighted by molar-refractivity contribution is 0.0163. The first-order valence-electron chi connectivity index (χ1n) is 8.21. The van der Waals surface area contributed by atoms with Crippen molar-refractivity contribution in [3.8, 4) is 5.75 Å². The van der Waals surface area contributed by atoms with Gasteiger partial charge in [-0.3, -0.25) is 0 Å².